The smallest absolute Gasteiger partial charge is 0.285 e. The molecular weight excluding hydrogens is 332 g/mol. The molecule has 5 nitrogen and oxygen atoms in total. The number of anilines is 1. The second-order valence-corrected chi connectivity index (χ2v) is 6.35. The number of rotatable bonds is 5. The number of hydrogen-bond donors (Lipinski definition) is 2. The monoisotopic (exact) mass is 346 g/mol. The van der Waals surface area contributed by atoms with Gasteiger partial charge in [0.15, 0.2) is 0 Å². The van der Waals surface area contributed by atoms with Crippen LogP contribution in [0.3, 0.4) is 0 Å². The maximum atomic E-state index is 11.4. The summed E-state index contributed by atoms with van der Waals surface area (Å²) in [6.45, 7) is 2.69. The largest absolute Gasteiger partial charge is 0.382 e. The molecular formula is C16H15ClN4OS. The fourth-order valence-electron chi connectivity index (χ4n) is 2.08. The molecule has 0 aliphatic rings. The lowest BCUT2D eigenvalue weighted by molar-refractivity contribution is 0.954. The van der Waals surface area contributed by atoms with Crippen LogP contribution in [0.4, 0.5) is 5.69 Å². The molecule has 2 N–H and O–H groups in total. The molecule has 0 aliphatic carbocycles. The number of thiazole rings is 1. The Kier molecular flexibility index (Phi) is 4.73. The first-order valence-corrected chi connectivity index (χ1v) is 8.38. The zero-order valence-electron chi connectivity index (χ0n) is 12.5. The van der Waals surface area contributed by atoms with Crippen LogP contribution in [0.25, 0.3) is 10.6 Å². The second kappa shape index (κ2) is 6.93. The molecule has 0 amide bonds. The van der Waals surface area contributed by atoms with Crippen molar-refractivity contribution in [2.24, 2.45) is 0 Å². The highest BCUT2D eigenvalue weighted by Gasteiger charge is 2.07. The molecule has 0 atom stereocenters. The third kappa shape index (κ3) is 3.78. The number of aromatic amines is 1. The maximum absolute atomic E-state index is 11.4. The predicted molar refractivity (Wildman–Crippen MR) is 94.3 cm³/mol. The van der Waals surface area contributed by atoms with Crippen molar-refractivity contribution in [3.05, 3.63) is 62.5 Å². The second-order valence-electron chi connectivity index (χ2n) is 5.11. The molecule has 23 heavy (non-hydrogen) atoms. The Labute approximate surface area is 142 Å². The quantitative estimate of drug-likeness (QED) is 0.741. The van der Waals surface area contributed by atoms with Crippen molar-refractivity contribution in [1.82, 2.24) is 15.2 Å². The van der Waals surface area contributed by atoms with E-state index in [2.05, 4.69) is 57.1 Å². The van der Waals surface area contributed by atoms with Gasteiger partial charge in [0.1, 0.15) is 10.0 Å². The third-order valence-corrected chi connectivity index (χ3v) is 4.66. The fraction of sp³-hybridized carbons (Fsp3) is 0.188. The first-order valence-electron chi connectivity index (χ1n) is 7.12. The van der Waals surface area contributed by atoms with E-state index in [-0.39, 0.29) is 5.02 Å². The van der Waals surface area contributed by atoms with E-state index >= 15 is 0 Å². The highest BCUT2D eigenvalue weighted by Crippen LogP contribution is 2.24. The molecule has 2 heterocycles. The van der Waals surface area contributed by atoms with Gasteiger partial charge in [-0.2, -0.15) is 5.10 Å². The summed E-state index contributed by atoms with van der Waals surface area (Å²) in [4.78, 5) is 16.0. The van der Waals surface area contributed by atoms with Crippen molar-refractivity contribution in [1.29, 1.82) is 0 Å². The van der Waals surface area contributed by atoms with Crippen LogP contribution in [0.15, 0.2) is 40.6 Å². The van der Waals surface area contributed by atoms with Crippen molar-refractivity contribution in [3.63, 3.8) is 0 Å². The lowest BCUT2D eigenvalue weighted by Gasteiger charge is -2.05. The Morgan fingerprint density at radius 3 is 2.87 bits per heavy atom. The SMILES string of the molecule is Cc1ccc(-c2nc(CCNc3cn[nH]c(=O)c3Cl)cs2)cc1. The van der Waals surface area contributed by atoms with Gasteiger partial charge in [-0.3, -0.25) is 4.79 Å². The zero-order chi connectivity index (χ0) is 16.2. The predicted octanol–water partition coefficient (Wildman–Crippen LogP) is 3.51. The molecule has 3 rings (SSSR count). The van der Waals surface area contributed by atoms with Gasteiger partial charge in [-0.15, -0.1) is 11.3 Å². The summed E-state index contributed by atoms with van der Waals surface area (Å²) in [5.74, 6) is 0. The van der Waals surface area contributed by atoms with Crippen LogP contribution in [-0.4, -0.2) is 21.7 Å². The molecule has 0 radical (unpaired) electrons. The van der Waals surface area contributed by atoms with Gasteiger partial charge in [-0.25, -0.2) is 10.1 Å². The number of hydrogen-bond acceptors (Lipinski definition) is 5. The molecule has 118 valence electrons. The lowest BCUT2D eigenvalue weighted by Crippen LogP contribution is -2.13. The molecule has 0 spiro atoms. The van der Waals surface area contributed by atoms with Crippen molar-refractivity contribution >= 4 is 28.6 Å². The van der Waals surface area contributed by atoms with Crippen molar-refractivity contribution in [3.8, 4) is 10.6 Å². The molecule has 3 aromatic rings. The number of aryl methyl sites for hydroxylation is 1. The topological polar surface area (TPSA) is 70.7 Å². The summed E-state index contributed by atoms with van der Waals surface area (Å²) < 4.78 is 0. The van der Waals surface area contributed by atoms with Crippen molar-refractivity contribution < 1.29 is 0 Å². The molecule has 0 saturated carbocycles. The van der Waals surface area contributed by atoms with E-state index in [1.807, 2.05) is 0 Å². The Balaban J connectivity index is 1.62. The molecule has 2 aromatic heterocycles. The minimum atomic E-state index is -0.396. The summed E-state index contributed by atoms with van der Waals surface area (Å²) in [6, 6.07) is 8.33. The average Bonchev–Trinajstić information content (AvgIpc) is 3.01. The molecule has 0 fully saturated rings. The Morgan fingerprint density at radius 2 is 2.09 bits per heavy atom. The molecule has 7 heteroatoms. The van der Waals surface area contributed by atoms with Gasteiger partial charge in [0.2, 0.25) is 0 Å². The standard InChI is InChI=1S/C16H15ClN4OS/c1-10-2-4-11(5-3-10)16-20-12(9-23-16)6-7-18-13-8-19-21-15(22)14(13)17/h2-5,8-9H,6-7H2,1H3,(H2,18,21,22). The van der Waals surface area contributed by atoms with E-state index < -0.39 is 5.56 Å². The van der Waals surface area contributed by atoms with Crippen molar-refractivity contribution in [2.45, 2.75) is 13.3 Å². The normalized spacial score (nSPS) is 10.7. The van der Waals surface area contributed by atoms with Crippen molar-refractivity contribution in [2.75, 3.05) is 11.9 Å². The zero-order valence-corrected chi connectivity index (χ0v) is 14.0. The minimum Gasteiger partial charge on any atom is -0.382 e. The lowest BCUT2D eigenvalue weighted by atomic mass is 10.2. The summed E-state index contributed by atoms with van der Waals surface area (Å²) in [5.41, 5.74) is 3.50. The van der Waals surface area contributed by atoms with Gasteiger partial charge in [0.05, 0.1) is 17.6 Å². The van der Waals surface area contributed by atoms with E-state index in [1.165, 1.54) is 11.8 Å². The summed E-state index contributed by atoms with van der Waals surface area (Å²) in [6.07, 6.45) is 2.24. The van der Waals surface area contributed by atoms with E-state index in [0.717, 1.165) is 22.7 Å². The van der Waals surface area contributed by atoms with Crippen LogP contribution in [-0.2, 0) is 6.42 Å². The van der Waals surface area contributed by atoms with E-state index in [1.54, 1.807) is 11.3 Å². The first-order chi connectivity index (χ1) is 11.1. The number of aromatic nitrogens is 3. The number of benzene rings is 1. The number of H-pyrrole nitrogens is 1. The van der Waals surface area contributed by atoms with Crippen LogP contribution in [0.1, 0.15) is 11.3 Å². The Bertz CT molecular complexity index is 857. The van der Waals surface area contributed by atoms with Gasteiger partial charge < -0.3 is 5.32 Å². The summed E-state index contributed by atoms with van der Waals surface area (Å²) in [5, 5.41) is 12.3. The van der Waals surface area contributed by atoms with Crippen LogP contribution >= 0.6 is 22.9 Å². The maximum Gasteiger partial charge on any atom is 0.285 e. The molecule has 0 bridgehead atoms. The van der Waals surface area contributed by atoms with E-state index in [9.17, 15) is 4.79 Å². The highest BCUT2D eigenvalue weighted by atomic mass is 35.5. The molecule has 1 aromatic carbocycles. The van der Waals surface area contributed by atoms with Crippen LogP contribution in [0.5, 0.6) is 0 Å². The number of halogens is 1. The average molecular weight is 347 g/mol. The first kappa shape index (κ1) is 15.7. The molecule has 0 saturated heterocycles. The summed E-state index contributed by atoms with van der Waals surface area (Å²) >= 11 is 7.54. The van der Waals surface area contributed by atoms with Gasteiger partial charge >= 0.3 is 0 Å². The van der Waals surface area contributed by atoms with Gasteiger partial charge in [-0.1, -0.05) is 41.4 Å². The number of nitrogens with one attached hydrogen (secondary N) is 2. The molecule has 0 unspecified atom stereocenters. The van der Waals surface area contributed by atoms with Gasteiger partial charge in [-0.05, 0) is 6.92 Å². The minimum absolute atomic E-state index is 0.124. The Morgan fingerprint density at radius 1 is 1.30 bits per heavy atom. The van der Waals surface area contributed by atoms with Gasteiger partial charge in [0, 0.05) is 23.9 Å². The van der Waals surface area contributed by atoms with Gasteiger partial charge in [0.25, 0.3) is 5.56 Å². The third-order valence-electron chi connectivity index (χ3n) is 3.34. The van der Waals surface area contributed by atoms with Crippen LogP contribution < -0.4 is 10.9 Å². The van der Waals surface area contributed by atoms with E-state index in [4.69, 9.17) is 11.6 Å². The molecule has 0 aliphatic heterocycles. The highest BCUT2D eigenvalue weighted by molar-refractivity contribution is 7.13. The van der Waals surface area contributed by atoms with E-state index in [0.29, 0.717) is 12.2 Å². The van der Waals surface area contributed by atoms with Crippen LogP contribution in [0.2, 0.25) is 5.02 Å². The van der Waals surface area contributed by atoms with Crippen LogP contribution in [0, 0.1) is 6.92 Å². The summed E-state index contributed by atoms with van der Waals surface area (Å²) in [7, 11) is 0. The number of nitrogens with zero attached hydrogens (tertiary/aromatic N) is 2. The fourth-order valence-corrected chi connectivity index (χ4v) is 3.10. The Hall–Kier alpha value is -2.18.